The zero-order valence-electron chi connectivity index (χ0n) is 14.7. The van der Waals surface area contributed by atoms with Crippen molar-refractivity contribution in [2.24, 2.45) is 0 Å². The van der Waals surface area contributed by atoms with Crippen LogP contribution in [0.1, 0.15) is 53.9 Å². The molecule has 1 rings (SSSR count). The maximum atomic E-state index is 11.5. The van der Waals surface area contributed by atoms with Gasteiger partial charge in [0.05, 0.1) is 18.3 Å². The molecule has 5 atom stereocenters. The van der Waals surface area contributed by atoms with Crippen molar-refractivity contribution in [3.05, 3.63) is 12.2 Å². The fraction of sp³-hybridized carbons (Fsp3) is 0.824. The molecule has 1 fully saturated rings. The lowest BCUT2D eigenvalue weighted by Crippen LogP contribution is -2.48. The summed E-state index contributed by atoms with van der Waals surface area (Å²) in [7, 11) is 0. The van der Waals surface area contributed by atoms with Gasteiger partial charge in [-0.25, -0.2) is 4.79 Å². The summed E-state index contributed by atoms with van der Waals surface area (Å²) in [5, 5.41) is 19.5. The van der Waals surface area contributed by atoms with Crippen LogP contribution in [-0.2, 0) is 19.0 Å². The lowest BCUT2D eigenvalue weighted by atomic mass is 10.0. The topological polar surface area (TPSA) is 85.2 Å². The summed E-state index contributed by atoms with van der Waals surface area (Å²) in [6.07, 6.45) is 2.03. The van der Waals surface area contributed by atoms with Crippen LogP contribution in [0.2, 0.25) is 0 Å². The standard InChI is InChI=1S/C17H30O6/c1-11(8-6-7-9-15(20)23-17(3,4)5)21-16-14(19)10-13(18)12(2)22-16/h7,9,11-14,16,18-19H,6,8,10H2,1-5H3/b9-7+/t11-,12+,13-,14-,16-/m1/s1. The molecular formula is C17H30O6. The first-order chi connectivity index (χ1) is 10.6. The van der Waals surface area contributed by atoms with E-state index in [1.54, 1.807) is 13.0 Å². The van der Waals surface area contributed by atoms with E-state index in [0.29, 0.717) is 12.8 Å². The van der Waals surface area contributed by atoms with Crippen molar-refractivity contribution in [2.45, 2.75) is 90.2 Å². The first kappa shape index (κ1) is 20.1. The molecule has 0 spiro atoms. The number of carbonyl (C=O) groups excluding carboxylic acids is 1. The van der Waals surface area contributed by atoms with Gasteiger partial charge in [-0.3, -0.25) is 0 Å². The van der Waals surface area contributed by atoms with E-state index in [2.05, 4.69) is 0 Å². The Morgan fingerprint density at radius 3 is 2.61 bits per heavy atom. The number of aliphatic hydroxyl groups excluding tert-OH is 2. The third-order valence-electron chi connectivity index (χ3n) is 3.45. The van der Waals surface area contributed by atoms with Crippen LogP contribution in [0.4, 0.5) is 0 Å². The van der Waals surface area contributed by atoms with Gasteiger partial charge in [-0.1, -0.05) is 6.08 Å². The number of carbonyl (C=O) groups is 1. The van der Waals surface area contributed by atoms with Crippen molar-refractivity contribution in [3.63, 3.8) is 0 Å². The number of hydrogen-bond acceptors (Lipinski definition) is 6. The lowest BCUT2D eigenvalue weighted by Gasteiger charge is -2.36. The fourth-order valence-corrected chi connectivity index (χ4v) is 2.21. The average molecular weight is 330 g/mol. The zero-order chi connectivity index (χ0) is 17.6. The van der Waals surface area contributed by atoms with Gasteiger partial charge in [0.1, 0.15) is 11.7 Å². The molecule has 134 valence electrons. The van der Waals surface area contributed by atoms with Gasteiger partial charge in [0.2, 0.25) is 0 Å². The minimum atomic E-state index is -0.832. The molecule has 1 aliphatic heterocycles. The molecular weight excluding hydrogens is 300 g/mol. The maximum Gasteiger partial charge on any atom is 0.330 e. The van der Waals surface area contributed by atoms with Crippen molar-refractivity contribution >= 4 is 5.97 Å². The number of hydrogen-bond donors (Lipinski definition) is 2. The number of esters is 1. The van der Waals surface area contributed by atoms with E-state index in [0.717, 1.165) is 0 Å². The Labute approximate surface area is 138 Å². The second-order valence-corrected chi connectivity index (χ2v) is 7.04. The molecule has 0 aromatic heterocycles. The summed E-state index contributed by atoms with van der Waals surface area (Å²) in [5.41, 5.74) is -0.493. The van der Waals surface area contributed by atoms with Crippen LogP contribution < -0.4 is 0 Å². The lowest BCUT2D eigenvalue weighted by molar-refractivity contribution is -0.273. The van der Waals surface area contributed by atoms with E-state index in [9.17, 15) is 15.0 Å². The molecule has 0 amide bonds. The zero-order valence-corrected chi connectivity index (χ0v) is 14.7. The highest BCUT2D eigenvalue weighted by atomic mass is 16.7. The Balaban J connectivity index is 2.29. The predicted molar refractivity (Wildman–Crippen MR) is 85.7 cm³/mol. The molecule has 1 aliphatic rings. The monoisotopic (exact) mass is 330 g/mol. The SMILES string of the molecule is C[C@H](CC/C=C/C(=O)OC(C)(C)C)O[C@@H]1O[C@@H](C)[C@H](O)C[C@H]1O. The smallest absolute Gasteiger partial charge is 0.330 e. The third kappa shape index (κ3) is 7.92. The summed E-state index contributed by atoms with van der Waals surface area (Å²) in [5.74, 6) is -0.361. The van der Waals surface area contributed by atoms with Gasteiger partial charge in [-0.15, -0.1) is 0 Å². The minimum Gasteiger partial charge on any atom is -0.457 e. The highest BCUT2D eigenvalue weighted by Gasteiger charge is 2.35. The number of allylic oxidation sites excluding steroid dienone is 1. The summed E-state index contributed by atoms with van der Waals surface area (Å²) < 4.78 is 16.3. The first-order valence-corrected chi connectivity index (χ1v) is 8.15. The van der Waals surface area contributed by atoms with Crippen LogP contribution in [0.5, 0.6) is 0 Å². The van der Waals surface area contributed by atoms with Crippen molar-refractivity contribution in [1.29, 1.82) is 0 Å². The Kier molecular flexibility index (Phi) is 7.67. The van der Waals surface area contributed by atoms with Crippen molar-refractivity contribution < 1.29 is 29.2 Å². The molecule has 2 N–H and O–H groups in total. The second-order valence-electron chi connectivity index (χ2n) is 7.04. The molecule has 6 nitrogen and oxygen atoms in total. The molecule has 1 heterocycles. The van der Waals surface area contributed by atoms with Crippen LogP contribution in [0.3, 0.4) is 0 Å². The van der Waals surface area contributed by atoms with E-state index < -0.39 is 24.1 Å². The third-order valence-corrected chi connectivity index (χ3v) is 3.45. The van der Waals surface area contributed by atoms with Crippen LogP contribution >= 0.6 is 0 Å². The van der Waals surface area contributed by atoms with Crippen LogP contribution in [-0.4, -0.2) is 52.5 Å². The van der Waals surface area contributed by atoms with E-state index in [1.165, 1.54) is 6.08 Å². The molecule has 23 heavy (non-hydrogen) atoms. The van der Waals surface area contributed by atoms with Crippen LogP contribution in [0.15, 0.2) is 12.2 Å². The van der Waals surface area contributed by atoms with E-state index >= 15 is 0 Å². The normalized spacial score (nSPS) is 30.4. The number of aliphatic hydroxyl groups is 2. The number of rotatable bonds is 6. The Hall–Kier alpha value is -0.950. The van der Waals surface area contributed by atoms with Gasteiger partial charge in [0.15, 0.2) is 6.29 Å². The highest BCUT2D eigenvalue weighted by molar-refractivity contribution is 5.82. The molecule has 0 bridgehead atoms. The van der Waals surface area contributed by atoms with Crippen molar-refractivity contribution in [2.75, 3.05) is 0 Å². The molecule has 0 unspecified atom stereocenters. The summed E-state index contributed by atoms with van der Waals surface area (Å²) in [4.78, 5) is 11.5. The van der Waals surface area contributed by atoms with Crippen LogP contribution in [0.25, 0.3) is 0 Å². The largest absolute Gasteiger partial charge is 0.457 e. The second kappa shape index (κ2) is 8.78. The van der Waals surface area contributed by atoms with Gasteiger partial charge in [-0.05, 0) is 47.5 Å². The molecule has 0 aromatic rings. The molecule has 0 radical (unpaired) electrons. The Bertz CT molecular complexity index is 400. The summed E-state index contributed by atoms with van der Waals surface area (Å²) >= 11 is 0. The molecule has 0 aliphatic carbocycles. The highest BCUT2D eigenvalue weighted by Crippen LogP contribution is 2.22. The molecule has 0 aromatic carbocycles. The van der Waals surface area contributed by atoms with E-state index in [1.807, 2.05) is 27.7 Å². The molecule has 6 heteroatoms. The maximum absolute atomic E-state index is 11.5. The van der Waals surface area contributed by atoms with Gasteiger partial charge in [0.25, 0.3) is 0 Å². The Morgan fingerprint density at radius 2 is 2.00 bits per heavy atom. The van der Waals surface area contributed by atoms with Crippen LogP contribution in [0, 0.1) is 0 Å². The van der Waals surface area contributed by atoms with E-state index in [-0.39, 0.29) is 24.6 Å². The molecule has 1 saturated heterocycles. The van der Waals surface area contributed by atoms with Gasteiger partial charge < -0.3 is 24.4 Å². The molecule has 0 saturated carbocycles. The van der Waals surface area contributed by atoms with Gasteiger partial charge in [-0.2, -0.15) is 0 Å². The quantitative estimate of drug-likeness (QED) is 0.572. The van der Waals surface area contributed by atoms with Crippen molar-refractivity contribution in [1.82, 2.24) is 0 Å². The minimum absolute atomic E-state index is 0.139. The average Bonchev–Trinajstić information content (AvgIpc) is 2.39. The predicted octanol–water partition coefficient (Wildman–Crippen LogP) is 1.93. The van der Waals surface area contributed by atoms with Gasteiger partial charge in [0, 0.05) is 12.5 Å². The Morgan fingerprint density at radius 1 is 1.35 bits per heavy atom. The summed E-state index contributed by atoms with van der Waals surface area (Å²) in [6.45, 7) is 9.10. The van der Waals surface area contributed by atoms with E-state index in [4.69, 9.17) is 14.2 Å². The fourth-order valence-electron chi connectivity index (χ4n) is 2.21. The summed E-state index contributed by atoms with van der Waals surface area (Å²) in [6, 6.07) is 0. The first-order valence-electron chi connectivity index (χ1n) is 8.15. The number of ether oxygens (including phenoxy) is 3. The van der Waals surface area contributed by atoms with Crippen molar-refractivity contribution in [3.8, 4) is 0 Å². The van der Waals surface area contributed by atoms with Gasteiger partial charge >= 0.3 is 5.97 Å².